The zero-order chi connectivity index (χ0) is 23.8. The molecule has 0 aliphatic heterocycles. The maximum atomic E-state index is 12.9. The molecule has 8 nitrogen and oxygen atoms in total. The van der Waals surface area contributed by atoms with E-state index in [2.05, 4.69) is 5.32 Å². The summed E-state index contributed by atoms with van der Waals surface area (Å²) in [5.74, 6) is -1.50. The number of rotatable bonds is 11. The molecule has 2 aromatic rings. The smallest absolute Gasteiger partial charge is 0.407 e. The number of carbonyl (C=O) groups excluding carboxylic acids is 2. The Kier molecular flexibility index (Phi) is 8.43. The molecule has 1 aliphatic carbocycles. The number of hydrogen-bond donors (Lipinski definition) is 2. The highest BCUT2D eigenvalue weighted by atomic mass is 16.5. The second-order valence-corrected chi connectivity index (χ2v) is 7.87. The molecule has 2 amide bonds. The maximum Gasteiger partial charge on any atom is 0.407 e. The van der Waals surface area contributed by atoms with Crippen LogP contribution in [0.25, 0.3) is 11.1 Å². The van der Waals surface area contributed by atoms with Gasteiger partial charge in [0.25, 0.3) is 0 Å². The zero-order valence-corrected chi connectivity index (χ0v) is 19.0. The maximum absolute atomic E-state index is 12.9. The summed E-state index contributed by atoms with van der Waals surface area (Å²) in [6.07, 6.45) is -1.02. The molecule has 1 atom stereocenters. The number of fused-ring (bicyclic) bond motifs is 3. The molecule has 0 saturated carbocycles. The van der Waals surface area contributed by atoms with Crippen molar-refractivity contribution in [2.24, 2.45) is 0 Å². The molecule has 1 aliphatic rings. The van der Waals surface area contributed by atoms with Crippen LogP contribution in [-0.2, 0) is 19.1 Å². The van der Waals surface area contributed by atoms with Gasteiger partial charge in [-0.25, -0.2) is 4.79 Å². The highest BCUT2D eigenvalue weighted by Gasteiger charge is 2.30. The van der Waals surface area contributed by atoms with Crippen LogP contribution in [0.2, 0.25) is 0 Å². The zero-order valence-electron chi connectivity index (χ0n) is 19.0. The lowest BCUT2D eigenvalue weighted by Crippen LogP contribution is -2.49. The van der Waals surface area contributed by atoms with Crippen molar-refractivity contribution in [1.29, 1.82) is 0 Å². The van der Waals surface area contributed by atoms with E-state index in [0.29, 0.717) is 19.7 Å². The number of ether oxygens (including phenoxy) is 2. The standard InChI is InChI=1S/C25H30N2O6/c1-3-27(14-15-32-2)24(30)22(12-13-23(28)29)26-25(31)33-16-21-19-10-6-4-8-17(19)18-9-5-7-11-20(18)21/h4-11,21-22H,3,12-16H2,1-2H3,(H,26,31)(H,28,29). The van der Waals surface area contributed by atoms with Crippen LogP contribution in [-0.4, -0.2) is 67.4 Å². The lowest BCUT2D eigenvalue weighted by Gasteiger charge is -2.26. The Morgan fingerprint density at radius 1 is 1.06 bits per heavy atom. The van der Waals surface area contributed by atoms with Crippen LogP contribution in [0.15, 0.2) is 48.5 Å². The van der Waals surface area contributed by atoms with E-state index in [9.17, 15) is 14.4 Å². The Hall–Kier alpha value is -3.39. The summed E-state index contributed by atoms with van der Waals surface area (Å²) in [5.41, 5.74) is 4.41. The van der Waals surface area contributed by atoms with Crippen molar-refractivity contribution in [3.05, 3.63) is 59.7 Å². The number of carboxylic acid groups (broad SMARTS) is 1. The lowest BCUT2D eigenvalue weighted by molar-refractivity contribution is -0.138. The highest BCUT2D eigenvalue weighted by molar-refractivity contribution is 5.86. The van der Waals surface area contributed by atoms with Crippen molar-refractivity contribution in [2.45, 2.75) is 31.7 Å². The molecule has 1 unspecified atom stereocenters. The molecule has 176 valence electrons. The van der Waals surface area contributed by atoms with E-state index in [1.807, 2.05) is 55.5 Å². The van der Waals surface area contributed by atoms with E-state index in [-0.39, 0.29) is 31.3 Å². The number of amides is 2. The fourth-order valence-corrected chi connectivity index (χ4v) is 4.15. The monoisotopic (exact) mass is 454 g/mol. The van der Waals surface area contributed by atoms with Gasteiger partial charge in [-0.3, -0.25) is 9.59 Å². The Morgan fingerprint density at radius 3 is 2.21 bits per heavy atom. The molecule has 0 spiro atoms. The largest absolute Gasteiger partial charge is 0.481 e. The fraction of sp³-hybridized carbons (Fsp3) is 0.400. The molecule has 0 aromatic heterocycles. The van der Waals surface area contributed by atoms with Crippen LogP contribution in [0.1, 0.15) is 36.8 Å². The number of likely N-dealkylation sites (N-methyl/N-ethyl adjacent to an activating group) is 1. The first kappa shape index (κ1) is 24.3. The molecule has 0 saturated heterocycles. The van der Waals surface area contributed by atoms with Crippen molar-refractivity contribution >= 4 is 18.0 Å². The van der Waals surface area contributed by atoms with E-state index in [1.165, 1.54) is 12.0 Å². The third-order valence-corrected chi connectivity index (χ3v) is 5.84. The first-order chi connectivity index (χ1) is 16.0. The molecule has 0 bridgehead atoms. The van der Waals surface area contributed by atoms with Crippen molar-refractivity contribution in [2.75, 3.05) is 33.4 Å². The lowest BCUT2D eigenvalue weighted by atomic mass is 9.98. The van der Waals surface area contributed by atoms with Gasteiger partial charge in [-0.05, 0) is 35.6 Å². The second kappa shape index (κ2) is 11.5. The molecule has 0 fully saturated rings. The molecule has 33 heavy (non-hydrogen) atoms. The summed E-state index contributed by atoms with van der Waals surface area (Å²) < 4.78 is 10.6. The number of nitrogens with zero attached hydrogens (tertiary/aromatic N) is 1. The van der Waals surface area contributed by atoms with Crippen molar-refractivity contribution < 1.29 is 29.0 Å². The van der Waals surface area contributed by atoms with E-state index in [0.717, 1.165) is 22.3 Å². The minimum atomic E-state index is -1.04. The van der Waals surface area contributed by atoms with E-state index in [1.54, 1.807) is 0 Å². The summed E-state index contributed by atoms with van der Waals surface area (Å²) in [4.78, 5) is 38.2. The van der Waals surface area contributed by atoms with Gasteiger partial charge >= 0.3 is 12.1 Å². The molecular weight excluding hydrogens is 424 g/mol. The quantitative estimate of drug-likeness (QED) is 0.540. The average Bonchev–Trinajstić information content (AvgIpc) is 3.14. The average molecular weight is 455 g/mol. The number of hydrogen-bond acceptors (Lipinski definition) is 5. The number of carbonyl (C=O) groups is 3. The van der Waals surface area contributed by atoms with Crippen LogP contribution in [0.4, 0.5) is 4.79 Å². The summed E-state index contributed by atoms with van der Waals surface area (Å²) in [5, 5.41) is 11.6. The molecule has 8 heteroatoms. The summed E-state index contributed by atoms with van der Waals surface area (Å²) in [6, 6.07) is 15.0. The van der Waals surface area contributed by atoms with Gasteiger partial charge in [0.1, 0.15) is 12.6 Å². The number of nitrogens with one attached hydrogen (secondary N) is 1. The predicted molar refractivity (Wildman–Crippen MR) is 123 cm³/mol. The molecule has 2 aromatic carbocycles. The van der Waals surface area contributed by atoms with Gasteiger partial charge < -0.3 is 24.8 Å². The Labute approximate surface area is 193 Å². The Balaban J connectivity index is 1.68. The van der Waals surface area contributed by atoms with Gasteiger partial charge in [-0.15, -0.1) is 0 Å². The van der Waals surface area contributed by atoms with Crippen LogP contribution in [0.5, 0.6) is 0 Å². The van der Waals surface area contributed by atoms with Crippen LogP contribution in [0.3, 0.4) is 0 Å². The van der Waals surface area contributed by atoms with Crippen molar-refractivity contribution in [3.8, 4) is 11.1 Å². The minimum Gasteiger partial charge on any atom is -0.481 e. The summed E-state index contributed by atoms with van der Waals surface area (Å²) >= 11 is 0. The molecular formula is C25H30N2O6. The SMILES string of the molecule is CCN(CCOC)C(=O)C(CCC(=O)O)NC(=O)OCC1c2ccccc2-c2ccccc21. The second-order valence-electron chi connectivity index (χ2n) is 7.87. The number of methoxy groups -OCH3 is 1. The van der Waals surface area contributed by atoms with Crippen LogP contribution < -0.4 is 5.32 Å². The Bertz CT molecular complexity index is 947. The normalized spacial score (nSPS) is 13.0. The van der Waals surface area contributed by atoms with E-state index >= 15 is 0 Å². The minimum absolute atomic E-state index is 0.0259. The number of carboxylic acids is 1. The molecule has 0 heterocycles. The van der Waals surface area contributed by atoms with Crippen LogP contribution in [0, 0.1) is 0 Å². The van der Waals surface area contributed by atoms with Gasteiger partial charge in [-0.1, -0.05) is 48.5 Å². The third-order valence-electron chi connectivity index (χ3n) is 5.84. The first-order valence-electron chi connectivity index (χ1n) is 11.1. The van der Waals surface area contributed by atoms with Gasteiger partial charge in [0.05, 0.1) is 6.61 Å². The predicted octanol–water partition coefficient (Wildman–Crippen LogP) is 3.25. The molecule has 3 rings (SSSR count). The number of aliphatic carboxylic acids is 1. The number of alkyl carbamates (subject to hydrolysis) is 1. The highest BCUT2D eigenvalue weighted by Crippen LogP contribution is 2.44. The molecule has 0 radical (unpaired) electrons. The topological polar surface area (TPSA) is 105 Å². The van der Waals surface area contributed by atoms with E-state index < -0.39 is 18.1 Å². The third kappa shape index (κ3) is 5.90. The Morgan fingerprint density at radius 2 is 1.67 bits per heavy atom. The first-order valence-corrected chi connectivity index (χ1v) is 11.1. The van der Waals surface area contributed by atoms with Crippen molar-refractivity contribution in [1.82, 2.24) is 10.2 Å². The van der Waals surface area contributed by atoms with Gasteiger partial charge in [0.15, 0.2) is 0 Å². The van der Waals surface area contributed by atoms with E-state index in [4.69, 9.17) is 14.6 Å². The van der Waals surface area contributed by atoms with Crippen molar-refractivity contribution in [3.63, 3.8) is 0 Å². The van der Waals surface area contributed by atoms with Gasteiger partial charge in [-0.2, -0.15) is 0 Å². The van der Waals surface area contributed by atoms with Gasteiger partial charge in [0, 0.05) is 32.5 Å². The number of benzene rings is 2. The fourth-order valence-electron chi connectivity index (χ4n) is 4.15. The summed E-state index contributed by atoms with van der Waals surface area (Å²) in [6.45, 7) is 3.03. The summed E-state index contributed by atoms with van der Waals surface area (Å²) in [7, 11) is 1.54. The van der Waals surface area contributed by atoms with Gasteiger partial charge in [0.2, 0.25) is 5.91 Å². The molecule has 2 N–H and O–H groups in total. The van der Waals surface area contributed by atoms with Crippen LogP contribution >= 0.6 is 0 Å².